The Morgan fingerprint density at radius 3 is 0.648 bits per heavy atom. The summed E-state index contributed by atoms with van der Waals surface area (Å²) in [4.78, 5) is 23.9. The Labute approximate surface area is 339 Å². The molecule has 0 saturated carbocycles. The van der Waals surface area contributed by atoms with E-state index in [1.165, 1.54) is 218 Å². The van der Waals surface area contributed by atoms with Gasteiger partial charge in [0.25, 0.3) is 0 Å². The Bertz CT molecular complexity index is 692. The topological polar surface area (TPSA) is 80.4 Å². The molecule has 2 unspecified atom stereocenters. The summed E-state index contributed by atoms with van der Waals surface area (Å²) in [7, 11) is 0. The van der Waals surface area contributed by atoms with Crippen molar-refractivity contribution < 1.29 is 14.7 Å². The summed E-state index contributed by atoms with van der Waals surface area (Å²) in [6, 6.07) is 0. The molecule has 0 aromatic heterocycles. The molecule has 54 heavy (non-hydrogen) atoms. The van der Waals surface area contributed by atoms with Crippen LogP contribution in [0.4, 0.5) is 0 Å². The van der Waals surface area contributed by atoms with E-state index < -0.39 is 5.97 Å². The van der Waals surface area contributed by atoms with Crippen LogP contribution in [0.3, 0.4) is 0 Å². The molecule has 0 radical (unpaired) electrons. The van der Waals surface area contributed by atoms with Crippen LogP contribution in [0.1, 0.15) is 296 Å². The van der Waals surface area contributed by atoms with Crippen LogP contribution in [0, 0.1) is 11.8 Å². The van der Waals surface area contributed by atoms with E-state index in [-0.39, 0.29) is 17.7 Å². The quantitative estimate of drug-likeness (QED) is 0.0606. The number of carbonyl (C=O) groups is 2. The Hall–Kier alpha value is -1.06. The number of hydrogen-bond donors (Lipinski definition) is 2. The third kappa shape index (κ3) is 40.6. The van der Waals surface area contributed by atoms with E-state index >= 15 is 0 Å². The highest BCUT2D eigenvalue weighted by atomic mass is 16.4. The zero-order chi connectivity index (χ0) is 39.4. The van der Waals surface area contributed by atoms with Gasteiger partial charge in [0.2, 0.25) is 5.91 Å². The molecule has 0 bridgehead atoms. The zero-order valence-electron chi connectivity index (χ0n) is 37.1. The van der Waals surface area contributed by atoms with Gasteiger partial charge in [0.05, 0.1) is 5.92 Å². The maximum absolute atomic E-state index is 12.1. The molecule has 2 atom stereocenters. The van der Waals surface area contributed by atoms with Crippen molar-refractivity contribution >= 4 is 11.9 Å². The van der Waals surface area contributed by atoms with E-state index in [4.69, 9.17) is 5.73 Å². The summed E-state index contributed by atoms with van der Waals surface area (Å²) in [6.07, 6.45) is 56.9. The zero-order valence-corrected chi connectivity index (χ0v) is 37.1. The van der Waals surface area contributed by atoms with Crippen LogP contribution in [-0.4, -0.2) is 17.0 Å². The van der Waals surface area contributed by atoms with Gasteiger partial charge >= 0.3 is 5.97 Å². The molecule has 322 valence electrons. The van der Waals surface area contributed by atoms with Gasteiger partial charge in [-0.1, -0.05) is 271 Å². The summed E-state index contributed by atoms with van der Waals surface area (Å²) >= 11 is 0. The lowest BCUT2D eigenvalue weighted by molar-refractivity contribution is -0.142. The summed E-state index contributed by atoms with van der Waals surface area (Å²) < 4.78 is 0. The second kappa shape index (κ2) is 44.7. The minimum atomic E-state index is -0.611. The van der Waals surface area contributed by atoms with Crippen molar-refractivity contribution in [3.63, 3.8) is 0 Å². The van der Waals surface area contributed by atoms with Crippen LogP contribution in [-0.2, 0) is 9.59 Å². The standard InChI is InChI=1S/C50H99NO3/c1-3-5-7-9-11-13-15-17-19-21-23-25-27-29-31-33-35-39-43-47(49(51)52)44-40-37-38-42-46-48(50(53)54)45-41-36-34-32-30-28-26-24-22-20-18-16-14-12-10-8-6-4-2/h47-48H,3-46H2,1-2H3,(H2,51,52)(H,53,54). The highest BCUT2D eigenvalue weighted by Gasteiger charge is 2.17. The minimum absolute atomic E-state index is 0.0161. The highest BCUT2D eigenvalue weighted by Crippen LogP contribution is 2.23. The molecule has 0 fully saturated rings. The number of carboxylic acid groups (broad SMARTS) is 1. The van der Waals surface area contributed by atoms with Crippen LogP contribution in [0.5, 0.6) is 0 Å². The average Bonchev–Trinajstić information content (AvgIpc) is 3.16. The van der Waals surface area contributed by atoms with Crippen molar-refractivity contribution in [3.05, 3.63) is 0 Å². The number of nitrogens with two attached hydrogens (primary N) is 1. The summed E-state index contributed by atoms with van der Waals surface area (Å²) in [6.45, 7) is 4.58. The fourth-order valence-electron chi connectivity index (χ4n) is 8.54. The lowest BCUT2D eigenvalue weighted by Crippen LogP contribution is -2.23. The van der Waals surface area contributed by atoms with E-state index in [1.54, 1.807) is 0 Å². The molecule has 0 rings (SSSR count). The molecule has 4 heteroatoms. The number of unbranched alkanes of at least 4 members (excludes halogenated alkanes) is 37. The normalized spacial score (nSPS) is 12.7. The van der Waals surface area contributed by atoms with Gasteiger partial charge in [0.1, 0.15) is 0 Å². The van der Waals surface area contributed by atoms with E-state index in [1.807, 2.05) is 0 Å². The molecule has 0 spiro atoms. The molecule has 0 aliphatic rings. The van der Waals surface area contributed by atoms with Gasteiger partial charge in [0.15, 0.2) is 0 Å². The molecule has 3 N–H and O–H groups in total. The third-order valence-corrected chi connectivity index (χ3v) is 12.4. The van der Waals surface area contributed by atoms with Gasteiger partial charge in [0, 0.05) is 5.92 Å². The van der Waals surface area contributed by atoms with Crippen molar-refractivity contribution in [3.8, 4) is 0 Å². The number of carbonyl (C=O) groups excluding carboxylic acids is 1. The molecular weight excluding hydrogens is 663 g/mol. The Kier molecular flexibility index (Phi) is 43.8. The minimum Gasteiger partial charge on any atom is -0.481 e. The first-order valence-corrected chi connectivity index (χ1v) is 25.0. The lowest BCUT2D eigenvalue weighted by atomic mass is 9.92. The largest absolute Gasteiger partial charge is 0.481 e. The number of rotatable bonds is 47. The van der Waals surface area contributed by atoms with Gasteiger partial charge in [-0.15, -0.1) is 0 Å². The van der Waals surface area contributed by atoms with Gasteiger partial charge in [-0.05, 0) is 25.7 Å². The number of aliphatic carboxylic acids is 1. The summed E-state index contributed by atoms with van der Waals surface area (Å²) in [5.74, 6) is -0.909. The van der Waals surface area contributed by atoms with E-state index in [0.29, 0.717) is 0 Å². The number of primary amides is 1. The maximum Gasteiger partial charge on any atom is 0.306 e. The molecule has 0 aromatic rings. The lowest BCUT2D eigenvalue weighted by Gasteiger charge is -2.14. The highest BCUT2D eigenvalue weighted by molar-refractivity contribution is 5.76. The fourth-order valence-corrected chi connectivity index (χ4v) is 8.54. The van der Waals surface area contributed by atoms with E-state index in [2.05, 4.69) is 13.8 Å². The SMILES string of the molecule is CCCCCCCCCCCCCCCCCCCCC(CCCCCCC(CCCCCCCCCCCCCCCCCCCC)C(=O)O)C(N)=O. The second-order valence-corrected chi connectivity index (χ2v) is 17.7. The average molecular weight is 762 g/mol. The predicted molar refractivity (Wildman–Crippen MR) is 238 cm³/mol. The molecule has 0 aliphatic heterocycles. The van der Waals surface area contributed by atoms with Gasteiger partial charge in [-0.3, -0.25) is 9.59 Å². The van der Waals surface area contributed by atoms with Crippen molar-refractivity contribution in [1.82, 2.24) is 0 Å². The van der Waals surface area contributed by atoms with Crippen LogP contribution >= 0.6 is 0 Å². The number of hydrogen-bond acceptors (Lipinski definition) is 2. The van der Waals surface area contributed by atoms with Crippen LogP contribution in [0.15, 0.2) is 0 Å². The monoisotopic (exact) mass is 762 g/mol. The number of carboxylic acids is 1. The van der Waals surface area contributed by atoms with Crippen molar-refractivity contribution in [2.75, 3.05) is 0 Å². The Morgan fingerprint density at radius 2 is 0.481 bits per heavy atom. The summed E-state index contributed by atoms with van der Waals surface area (Å²) in [5.41, 5.74) is 5.76. The first-order chi connectivity index (χ1) is 26.5. The molecule has 1 amide bonds. The van der Waals surface area contributed by atoms with Crippen LogP contribution < -0.4 is 5.73 Å². The van der Waals surface area contributed by atoms with E-state index in [0.717, 1.165) is 64.2 Å². The summed E-state index contributed by atoms with van der Waals surface area (Å²) in [5, 5.41) is 9.75. The Morgan fingerprint density at radius 1 is 0.315 bits per heavy atom. The van der Waals surface area contributed by atoms with Crippen LogP contribution in [0.2, 0.25) is 0 Å². The molecular formula is C50H99NO3. The van der Waals surface area contributed by atoms with E-state index in [9.17, 15) is 14.7 Å². The molecule has 4 nitrogen and oxygen atoms in total. The predicted octanol–water partition coefficient (Wildman–Crippen LogP) is 17.0. The van der Waals surface area contributed by atoms with Crippen molar-refractivity contribution in [2.24, 2.45) is 17.6 Å². The van der Waals surface area contributed by atoms with Crippen molar-refractivity contribution in [2.45, 2.75) is 296 Å². The second-order valence-electron chi connectivity index (χ2n) is 17.7. The van der Waals surface area contributed by atoms with Gasteiger partial charge in [-0.25, -0.2) is 0 Å². The first kappa shape index (κ1) is 52.9. The van der Waals surface area contributed by atoms with Gasteiger partial charge < -0.3 is 10.8 Å². The molecule has 0 saturated heterocycles. The van der Waals surface area contributed by atoms with Gasteiger partial charge in [-0.2, -0.15) is 0 Å². The Balaban J connectivity index is 3.60. The molecule has 0 aliphatic carbocycles. The first-order valence-electron chi connectivity index (χ1n) is 25.0. The third-order valence-electron chi connectivity index (χ3n) is 12.4. The van der Waals surface area contributed by atoms with Crippen molar-refractivity contribution in [1.29, 1.82) is 0 Å². The maximum atomic E-state index is 12.1. The smallest absolute Gasteiger partial charge is 0.306 e. The molecule has 0 aromatic carbocycles. The van der Waals surface area contributed by atoms with Crippen LogP contribution in [0.25, 0.3) is 0 Å². The molecule has 0 heterocycles. The fraction of sp³-hybridized carbons (Fsp3) is 0.960. The number of amides is 1.